The van der Waals surface area contributed by atoms with E-state index in [1.54, 1.807) is 54.7 Å². The monoisotopic (exact) mass is 391 g/mol. The van der Waals surface area contributed by atoms with Crippen molar-refractivity contribution in [2.24, 2.45) is 0 Å². The fourth-order valence-electron chi connectivity index (χ4n) is 2.44. The summed E-state index contributed by atoms with van der Waals surface area (Å²) in [5.41, 5.74) is 1.87. The van der Waals surface area contributed by atoms with Crippen molar-refractivity contribution in [2.75, 3.05) is 10.6 Å². The van der Waals surface area contributed by atoms with Crippen LogP contribution < -0.4 is 16.0 Å². The van der Waals surface area contributed by atoms with E-state index in [2.05, 4.69) is 20.9 Å². The number of hydrogen-bond donors (Lipinski definition) is 3. The Morgan fingerprint density at radius 2 is 1.86 bits per heavy atom. The Kier molecular flexibility index (Phi) is 5.99. The van der Waals surface area contributed by atoms with Crippen LogP contribution in [0.3, 0.4) is 0 Å². The molecule has 3 aromatic rings. The zero-order valence-electron chi connectivity index (χ0n) is 15.0. The van der Waals surface area contributed by atoms with Gasteiger partial charge < -0.3 is 16.0 Å². The van der Waals surface area contributed by atoms with Crippen LogP contribution in [0.4, 0.5) is 16.2 Å². The molecule has 8 heteroatoms. The van der Waals surface area contributed by atoms with Crippen molar-refractivity contribution in [1.29, 1.82) is 5.26 Å². The van der Waals surface area contributed by atoms with Gasteiger partial charge in [0.15, 0.2) is 0 Å². The molecule has 0 fully saturated rings. The lowest BCUT2D eigenvalue weighted by molar-refractivity contribution is 0.102. The molecule has 0 aliphatic carbocycles. The van der Waals surface area contributed by atoms with E-state index in [4.69, 9.17) is 5.26 Å². The van der Waals surface area contributed by atoms with Gasteiger partial charge in [0.05, 0.1) is 23.2 Å². The largest absolute Gasteiger partial charge is 0.333 e. The summed E-state index contributed by atoms with van der Waals surface area (Å²) in [6.07, 6.45) is 1.73. The van der Waals surface area contributed by atoms with Crippen molar-refractivity contribution >= 4 is 34.6 Å². The first-order valence-electron chi connectivity index (χ1n) is 8.41. The molecule has 2 aromatic carbocycles. The van der Waals surface area contributed by atoms with Gasteiger partial charge in [-0.05, 0) is 43.3 Å². The summed E-state index contributed by atoms with van der Waals surface area (Å²) in [7, 11) is 0. The van der Waals surface area contributed by atoms with Gasteiger partial charge in [0.1, 0.15) is 0 Å². The number of rotatable bonds is 5. The molecular weight excluding hydrogens is 374 g/mol. The van der Waals surface area contributed by atoms with Crippen molar-refractivity contribution < 1.29 is 9.59 Å². The van der Waals surface area contributed by atoms with E-state index < -0.39 is 0 Å². The maximum Gasteiger partial charge on any atom is 0.319 e. The predicted molar refractivity (Wildman–Crippen MR) is 108 cm³/mol. The van der Waals surface area contributed by atoms with Gasteiger partial charge in [0.2, 0.25) is 0 Å². The maximum atomic E-state index is 12.4. The van der Waals surface area contributed by atoms with E-state index in [9.17, 15) is 9.59 Å². The molecule has 3 amide bonds. The van der Waals surface area contributed by atoms with Crippen LogP contribution in [0.2, 0.25) is 0 Å². The van der Waals surface area contributed by atoms with Crippen LogP contribution in [0, 0.1) is 18.3 Å². The van der Waals surface area contributed by atoms with Gasteiger partial charge in [-0.1, -0.05) is 12.1 Å². The lowest BCUT2D eigenvalue weighted by atomic mass is 10.1. The molecule has 3 rings (SSSR count). The SMILES string of the molecule is Cc1ncc(CNC(=O)Nc2cccc(C(=O)Nc3cccc(C#N)c3)c2)s1. The van der Waals surface area contributed by atoms with Gasteiger partial charge >= 0.3 is 6.03 Å². The van der Waals surface area contributed by atoms with Gasteiger partial charge in [-0.3, -0.25) is 4.79 Å². The standard InChI is InChI=1S/C20H17N5O2S/c1-13-22-11-18(28-13)12-23-20(27)25-17-7-3-5-15(9-17)19(26)24-16-6-2-4-14(8-16)10-21/h2-9,11H,12H2,1H3,(H,24,26)(H2,23,25,27). The molecule has 0 radical (unpaired) electrons. The molecule has 0 atom stereocenters. The summed E-state index contributed by atoms with van der Waals surface area (Å²) < 4.78 is 0. The first kappa shape index (κ1) is 19.1. The highest BCUT2D eigenvalue weighted by atomic mass is 32.1. The third-order valence-electron chi connectivity index (χ3n) is 3.72. The third-order valence-corrected chi connectivity index (χ3v) is 4.64. The number of urea groups is 1. The quantitative estimate of drug-likeness (QED) is 0.613. The Morgan fingerprint density at radius 3 is 2.57 bits per heavy atom. The Hall–Kier alpha value is -3.70. The Morgan fingerprint density at radius 1 is 1.11 bits per heavy atom. The summed E-state index contributed by atoms with van der Waals surface area (Å²) in [4.78, 5) is 29.6. The summed E-state index contributed by atoms with van der Waals surface area (Å²) in [6.45, 7) is 2.29. The Labute approximate surface area is 166 Å². The van der Waals surface area contributed by atoms with E-state index in [-0.39, 0.29) is 11.9 Å². The van der Waals surface area contributed by atoms with E-state index in [0.717, 1.165) is 9.88 Å². The molecule has 3 N–H and O–H groups in total. The van der Waals surface area contributed by atoms with Crippen LogP contribution in [-0.2, 0) is 6.54 Å². The molecule has 0 saturated carbocycles. The molecule has 28 heavy (non-hydrogen) atoms. The summed E-state index contributed by atoms with van der Waals surface area (Å²) in [5.74, 6) is -0.334. The van der Waals surface area contributed by atoms with E-state index in [1.807, 2.05) is 13.0 Å². The molecule has 0 aliphatic rings. The Bertz CT molecular complexity index is 1050. The highest BCUT2D eigenvalue weighted by molar-refractivity contribution is 7.11. The van der Waals surface area contributed by atoms with E-state index >= 15 is 0 Å². The molecular formula is C20H17N5O2S. The molecule has 0 unspecified atom stereocenters. The minimum Gasteiger partial charge on any atom is -0.333 e. The lowest BCUT2D eigenvalue weighted by Crippen LogP contribution is -2.28. The number of carbonyl (C=O) groups is 2. The van der Waals surface area contributed by atoms with Gasteiger partial charge in [-0.15, -0.1) is 11.3 Å². The predicted octanol–water partition coefficient (Wildman–Crippen LogP) is 3.90. The molecule has 0 spiro atoms. The second-order valence-corrected chi connectivity index (χ2v) is 7.20. The van der Waals surface area contributed by atoms with Crippen molar-refractivity contribution in [1.82, 2.24) is 10.3 Å². The first-order valence-corrected chi connectivity index (χ1v) is 9.23. The minimum absolute atomic E-state index is 0.334. The highest BCUT2D eigenvalue weighted by Gasteiger charge is 2.09. The number of aromatic nitrogens is 1. The smallest absolute Gasteiger partial charge is 0.319 e. The topological polar surface area (TPSA) is 107 Å². The zero-order chi connectivity index (χ0) is 19.9. The maximum absolute atomic E-state index is 12.4. The number of nitrogens with zero attached hydrogens (tertiary/aromatic N) is 2. The number of nitriles is 1. The van der Waals surface area contributed by atoms with Crippen molar-refractivity contribution in [3.63, 3.8) is 0 Å². The fraction of sp³-hybridized carbons (Fsp3) is 0.100. The summed E-state index contributed by atoms with van der Waals surface area (Å²) in [5, 5.41) is 18.1. The molecule has 1 heterocycles. The van der Waals surface area contributed by atoms with Crippen LogP contribution in [0.25, 0.3) is 0 Å². The van der Waals surface area contributed by atoms with E-state index in [1.165, 1.54) is 11.3 Å². The number of anilines is 2. The fourth-order valence-corrected chi connectivity index (χ4v) is 3.17. The number of carbonyl (C=O) groups excluding carboxylic acids is 2. The second kappa shape index (κ2) is 8.79. The van der Waals surface area contributed by atoms with Crippen molar-refractivity contribution in [3.8, 4) is 6.07 Å². The number of thiazole rings is 1. The van der Waals surface area contributed by atoms with Crippen LogP contribution in [0.5, 0.6) is 0 Å². The molecule has 0 aliphatic heterocycles. The first-order chi connectivity index (χ1) is 13.5. The number of hydrogen-bond acceptors (Lipinski definition) is 5. The molecule has 7 nitrogen and oxygen atoms in total. The normalized spacial score (nSPS) is 10.0. The van der Waals surface area contributed by atoms with Crippen molar-refractivity contribution in [3.05, 3.63) is 75.7 Å². The van der Waals surface area contributed by atoms with Crippen LogP contribution >= 0.6 is 11.3 Å². The van der Waals surface area contributed by atoms with Gasteiger partial charge in [0.25, 0.3) is 5.91 Å². The van der Waals surface area contributed by atoms with E-state index in [0.29, 0.717) is 29.0 Å². The average Bonchev–Trinajstić information content (AvgIpc) is 3.12. The molecule has 0 bridgehead atoms. The number of benzene rings is 2. The van der Waals surface area contributed by atoms with Crippen LogP contribution in [-0.4, -0.2) is 16.9 Å². The molecule has 0 saturated heterocycles. The number of nitrogens with one attached hydrogen (secondary N) is 3. The van der Waals surface area contributed by atoms with Crippen molar-refractivity contribution in [2.45, 2.75) is 13.5 Å². The summed E-state index contributed by atoms with van der Waals surface area (Å²) >= 11 is 1.52. The second-order valence-electron chi connectivity index (χ2n) is 5.88. The van der Waals surface area contributed by atoms with Crippen LogP contribution in [0.15, 0.2) is 54.7 Å². The average molecular weight is 391 g/mol. The van der Waals surface area contributed by atoms with Gasteiger partial charge in [-0.2, -0.15) is 5.26 Å². The molecule has 1 aromatic heterocycles. The van der Waals surface area contributed by atoms with Crippen LogP contribution in [0.1, 0.15) is 25.8 Å². The highest BCUT2D eigenvalue weighted by Crippen LogP contribution is 2.15. The third kappa shape index (κ3) is 5.16. The Balaban J connectivity index is 1.60. The number of amides is 3. The minimum atomic E-state index is -0.370. The zero-order valence-corrected chi connectivity index (χ0v) is 15.8. The molecule has 140 valence electrons. The van der Waals surface area contributed by atoms with Gasteiger partial charge in [-0.25, -0.2) is 9.78 Å². The van der Waals surface area contributed by atoms with Gasteiger partial charge in [0, 0.05) is 28.0 Å². The number of aryl methyl sites for hydroxylation is 1. The summed E-state index contributed by atoms with van der Waals surface area (Å²) in [6, 6.07) is 14.9. The lowest BCUT2D eigenvalue weighted by Gasteiger charge is -2.09.